The molecule has 62 heavy (non-hydrogen) atoms. The van der Waals surface area contributed by atoms with Gasteiger partial charge in [0.05, 0.1) is 37.6 Å². The first-order valence-corrected chi connectivity index (χ1v) is 20.6. The van der Waals surface area contributed by atoms with Crippen molar-refractivity contribution in [1.29, 1.82) is 0 Å². The summed E-state index contributed by atoms with van der Waals surface area (Å²) >= 11 is 0. The van der Waals surface area contributed by atoms with E-state index in [0.717, 1.165) is 22.3 Å². The van der Waals surface area contributed by atoms with Crippen LogP contribution < -0.4 is 0 Å². The minimum absolute atomic E-state index is 0.0204. The highest BCUT2D eigenvalue weighted by atomic mass is 16.3. The van der Waals surface area contributed by atoms with Crippen molar-refractivity contribution in [2.75, 3.05) is 0 Å². The van der Waals surface area contributed by atoms with Crippen LogP contribution in [-0.2, 0) is 5.41 Å². The molecule has 8 rings (SSSR count). The number of pyridine rings is 1. The lowest BCUT2D eigenvalue weighted by Crippen LogP contribution is -2.11. The molecule has 2 aromatic heterocycles. The van der Waals surface area contributed by atoms with Crippen molar-refractivity contribution >= 4 is 11.0 Å². The molecule has 0 spiro atoms. The summed E-state index contributed by atoms with van der Waals surface area (Å²) in [6.07, 6.45) is -0.725. The zero-order chi connectivity index (χ0) is 59.6. The molecule has 2 heterocycles. The first-order valence-electron chi connectivity index (χ1n) is 29.6. The van der Waals surface area contributed by atoms with Crippen molar-refractivity contribution in [2.24, 2.45) is 0 Å². The second-order valence-electron chi connectivity index (χ2n) is 17.4. The molecule has 0 atom stereocenters. The number of aryl methyl sites for hydroxylation is 3. The zero-order valence-electron chi connectivity index (χ0n) is 54.4. The third-order valence-electron chi connectivity index (χ3n) is 11.3. The standard InChI is InChI=1S/C58H61N3O/c1-34(2)40-19-21-41(22-20-40)42-25-26-59-51(33-42)45-30-44(31-46(32-45)58(10,11)12)49-17-14-18-53-55(49)60-57(50-28-37(7)27-39(9)56(50)62)61(53)52-24-23-43(29-38(52)8)54-47(35(3)4)15-13-16-48(54)36(5)6/h13-36,62H,1-12H3/i1D3,2D3,8D3,19D,20D,21D,22D,25D,26D,33D,34D,35D. The van der Waals surface area contributed by atoms with E-state index in [0.29, 0.717) is 44.4 Å². The summed E-state index contributed by atoms with van der Waals surface area (Å²) in [5, 5.41) is 11.9. The van der Waals surface area contributed by atoms with E-state index in [1.54, 1.807) is 73.9 Å². The normalized spacial score (nSPS) is 17.2. The Kier molecular flexibility index (Phi) is 6.84. The molecule has 0 saturated heterocycles. The molecule has 0 fully saturated rings. The lowest BCUT2D eigenvalue weighted by atomic mass is 9.83. The van der Waals surface area contributed by atoms with Crippen molar-refractivity contribution in [1.82, 2.24) is 14.5 Å². The number of fused-ring (bicyclic) bond motifs is 1. The lowest BCUT2D eigenvalue weighted by molar-refractivity contribution is 0.472. The number of phenols is 1. The van der Waals surface area contributed by atoms with Gasteiger partial charge in [-0.2, -0.15) is 0 Å². The van der Waals surface area contributed by atoms with Crippen LogP contribution in [0.4, 0.5) is 0 Å². The molecule has 0 bridgehead atoms. The lowest BCUT2D eigenvalue weighted by Gasteiger charge is -2.22. The molecule has 0 aliphatic carbocycles. The van der Waals surface area contributed by atoms with Crippen LogP contribution in [0.1, 0.15) is 143 Å². The van der Waals surface area contributed by atoms with Crippen LogP contribution in [0.5, 0.6) is 5.75 Å². The number of hydrogen-bond donors (Lipinski definition) is 1. The monoisotopic (exact) mass is 834 g/mol. The average molecular weight is 834 g/mol. The number of hydrogen-bond acceptors (Lipinski definition) is 3. The minimum Gasteiger partial charge on any atom is -0.507 e. The van der Waals surface area contributed by atoms with Gasteiger partial charge in [0, 0.05) is 32.4 Å². The molecular weight excluding hydrogens is 755 g/mol. The topological polar surface area (TPSA) is 50.9 Å². The Morgan fingerprint density at radius 2 is 1.45 bits per heavy atom. The van der Waals surface area contributed by atoms with Crippen molar-refractivity contribution < 1.29 is 29.8 Å². The third kappa shape index (κ3) is 7.99. The molecule has 0 unspecified atom stereocenters. The van der Waals surface area contributed by atoms with Crippen molar-refractivity contribution in [3.05, 3.63) is 166 Å². The van der Waals surface area contributed by atoms with Gasteiger partial charge in [0.25, 0.3) is 0 Å². The number of nitrogens with zero attached hydrogens (tertiary/aromatic N) is 3. The maximum atomic E-state index is 11.9. The molecule has 4 heteroatoms. The Hall–Kier alpha value is -6.26. The highest BCUT2D eigenvalue weighted by molar-refractivity contribution is 5.97. The molecule has 0 amide bonds. The van der Waals surface area contributed by atoms with E-state index in [4.69, 9.17) is 28.3 Å². The van der Waals surface area contributed by atoms with Gasteiger partial charge < -0.3 is 5.11 Å². The van der Waals surface area contributed by atoms with Crippen LogP contribution in [0.25, 0.3) is 72.7 Å². The Bertz CT molecular complexity index is 3780. The fourth-order valence-electron chi connectivity index (χ4n) is 8.06. The van der Waals surface area contributed by atoms with Crippen LogP contribution in [0.3, 0.4) is 0 Å². The summed E-state index contributed by atoms with van der Waals surface area (Å²) in [5.41, 5.74) is 4.34. The highest BCUT2D eigenvalue weighted by Gasteiger charge is 2.24. The molecule has 314 valence electrons. The first kappa shape index (κ1) is 25.6. The summed E-state index contributed by atoms with van der Waals surface area (Å²) < 4.78 is 158. The average Bonchev–Trinajstić information content (AvgIpc) is 3.74. The molecule has 6 aromatic carbocycles. The molecule has 0 aliphatic rings. The number of benzene rings is 6. The second-order valence-corrected chi connectivity index (χ2v) is 17.4. The van der Waals surface area contributed by atoms with Crippen LogP contribution in [-0.4, -0.2) is 19.6 Å². The van der Waals surface area contributed by atoms with Crippen molar-refractivity contribution in [3.63, 3.8) is 0 Å². The second kappa shape index (κ2) is 16.5. The van der Waals surface area contributed by atoms with E-state index < -0.39 is 96.9 Å². The largest absolute Gasteiger partial charge is 0.507 e. The molecule has 0 aliphatic heterocycles. The Balaban J connectivity index is 1.43. The van der Waals surface area contributed by atoms with Crippen LogP contribution in [0.15, 0.2) is 127 Å². The smallest absolute Gasteiger partial charge is 0.149 e. The van der Waals surface area contributed by atoms with Gasteiger partial charge in [-0.15, -0.1) is 0 Å². The van der Waals surface area contributed by atoms with Crippen molar-refractivity contribution in [2.45, 2.75) is 106 Å². The number of aromatic nitrogens is 3. The summed E-state index contributed by atoms with van der Waals surface area (Å²) in [4.78, 5) is 9.65. The maximum Gasteiger partial charge on any atom is 0.149 e. The van der Waals surface area contributed by atoms with Crippen LogP contribution >= 0.6 is 0 Å². The van der Waals surface area contributed by atoms with Crippen molar-refractivity contribution in [3.8, 4) is 67.5 Å². The van der Waals surface area contributed by atoms with Gasteiger partial charge in [0.1, 0.15) is 11.6 Å². The van der Waals surface area contributed by atoms with Gasteiger partial charge in [-0.25, -0.2) is 4.98 Å². The Morgan fingerprint density at radius 3 is 2.16 bits per heavy atom. The van der Waals surface area contributed by atoms with Gasteiger partial charge in [0.15, 0.2) is 0 Å². The van der Waals surface area contributed by atoms with E-state index >= 15 is 0 Å². The number of para-hydroxylation sites is 1. The molecule has 4 nitrogen and oxygen atoms in total. The minimum atomic E-state index is -3.66. The molecule has 0 saturated carbocycles. The number of rotatable bonds is 9. The molecule has 8 aromatic rings. The molecule has 1 N–H and O–H groups in total. The zero-order valence-corrected chi connectivity index (χ0v) is 36.4. The Labute approximate surface area is 394 Å². The van der Waals surface area contributed by atoms with Gasteiger partial charge >= 0.3 is 0 Å². The predicted molar refractivity (Wildman–Crippen MR) is 263 cm³/mol. The SMILES string of the molecule is [2H]c1nc(-c2cc(-c3cccc4c3nc(-c3cc(C)cc(C)c3O)n4-c3ccc(-c4c(C(C)C)cccc4C([2H])(C)C)cc3C([2H])([2H])[2H])cc(C(C)(C)C)c2)c([2H])c(-c2c([2H])c([2H])c(C([2H])(C([2H])([2H])[2H])C([2H])([2H])[2H])c([2H])c2[2H])c1[2H]. The van der Waals surface area contributed by atoms with E-state index in [2.05, 4.69) is 4.98 Å². The number of imidazole rings is 1. The summed E-state index contributed by atoms with van der Waals surface area (Å²) in [6, 6.07) is 19.5. The fourth-order valence-corrected chi connectivity index (χ4v) is 8.06. The fraction of sp³-hybridized carbons (Fsp3) is 0.276. The summed E-state index contributed by atoms with van der Waals surface area (Å²) in [5.74, 6) is -4.50. The van der Waals surface area contributed by atoms with Gasteiger partial charge in [-0.1, -0.05) is 135 Å². The summed E-state index contributed by atoms with van der Waals surface area (Å²) in [6.45, 7) is 7.10. The van der Waals surface area contributed by atoms with E-state index in [-0.39, 0.29) is 40.0 Å². The quantitative estimate of drug-likeness (QED) is 0.158. The molecule has 0 radical (unpaired) electrons. The molecular formula is C58H61N3O. The summed E-state index contributed by atoms with van der Waals surface area (Å²) in [7, 11) is 0. The number of phenolic OH excluding ortho intramolecular Hbond substituents is 1. The van der Waals surface area contributed by atoms with E-state index in [1.165, 1.54) is 0 Å². The van der Waals surface area contributed by atoms with Gasteiger partial charge in [-0.3, -0.25) is 9.55 Å². The Morgan fingerprint density at radius 1 is 0.710 bits per heavy atom. The van der Waals surface area contributed by atoms with E-state index in [9.17, 15) is 6.48 Å². The maximum absolute atomic E-state index is 11.9. The number of aromatic hydroxyl groups is 1. The van der Waals surface area contributed by atoms with Crippen LogP contribution in [0, 0.1) is 20.7 Å². The van der Waals surface area contributed by atoms with Crippen LogP contribution in [0.2, 0.25) is 0 Å². The predicted octanol–water partition coefficient (Wildman–Crippen LogP) is 16.1. The highest BCUT2D eigenvalue weighted by Crippen LogP contribution is 2.43. The van der Waals surface area contributed by atoms with E-state index in [1.807, 2.05) is 77.9 Å². The van der Waals surface area contributed by atoms with Gasteiger partial charge in [-0.05, 0) is 159 Å². The first-order chi connectivity index (χ1) is 36.7. The third-order valence-corrected chi connectivity index (χ3v) is 11.3. The van der Waals surface area contributed by atoms with Gasteiger partial charge in [0.2, 0.25) is 0 Å².